The first-order chi connectivity index (χ1) is 14.6. The van der Waals surface area contributed by atoms with Gasteiger partial charge >= 0.3 is 0 Å². The Balaban J connectivity index is 1.85. The maximum Gasteiger partial charge on any atom is 0.295 e. The number of benzene rings is 1. The molecule has 7 heteroatoms. The Morgan fingerprint density at radius 1 is 1.07 bits per heavy atom. The summed E-state index contributed by atoms with van der Waals surface area (Å²) in [6.07, 6.45) is 6.46. The van der Waals surface area contributed by atoms with Gasteiger partial charge in [0.2, 0.25) is 0 Å². The van der Waals surface area contributed by atoms with E-state index in [1.165, 1.54) is 12.0 Å². The van der Waals surface area contributed by atoms with E-state index in [0.29, 0.717) is 16.9 Å². The highest BCUT2D eigenvalue weighted by Gasteiger charge is 2.46. The van der Waals surface area contributed by atoms with Gasteiger partial charge in [0.05, 0.1) is 18.7 Å². The van der Waals surface area contributed by atoms with Crippen molar-refractivity contribution in [3.05, 3.63) is 95.6 Å². The number of carbonyl (C=O) groups is 2. The van der Waals surface area contributed by atoms with Gasteiger partial charge in [0.25, 0.3) is 11.7 Å². The van der Waals surface area contributed by atoms with Crippen molar-refractivity contribution in [3.63, 3.8) is 0 Å². The molecule has 1 N–H and O–H groups in total. The van der Waals surface area contributed by atoms with Crippen molar-refractivity contribution >= 4 is 17.4 Å². The van der Waals surface area contributed by atoms with Gasteiger partial charge in [0.1, 0.15) is 11.5 Å². The zero-order valence-electron chi connectivity index (χ0n) is 16.2. The number of amides is 1. The number of aliphatic hydroxyl groups excluding tert-OH is 1. The third-order valence-corrected chi connectivity index (χ3v) is 4.98. The number of methoxy groups -OCH3 is 1. The Bertz CT molecular complexity index is 1110. The summed E-state index contributed by atoms with van der Waals surface area (Å²) in [5.74, 6) is -1.13. The minimum Gasteiger partial charge on any atom is -0.507 e. The number of likely N-dealkylation sites (tertiary alicyclic amines) is 1. The van der Waals surface area contributed by atoms with E-state index >= 15 is 0 Å². The summed E-state index contributed by atoms with van der Waals surface area (Å²) in [6.45, 7) is 0.181. The second-order valence-corrected chi connectivity index (χ2v) is 6.80. The van der Waals surface area contributed by atoms with Crippen LogP contribution in [0.4, 0.5) is 0 Å². The number of aromatic nitrogens is 2. The van der Waals surface area contributed by atoms with E-state index in [1.807, 2.05) is 6.07 Å². The van der Waals surface area contributed by atoms with Gasteiger partial charge in [0.15, 0.2) is 0 Å². The first-order valence-corrected chi connectivity index (χ1v) is 9.32. The third kappa shape index (κ3) is 3.53. The molecular formula is C23H19N3O4. The SMILES string of the molecule is COc1cccc(C(O)=C2C(=O)C(=O)N(Cc3cccnc3)[C@H]2c2ccncc2)c1. The molecule has 0 bridgehead atoms. The number of hydrogen-bond donors (Lipinski definition) is 1. The predicted molar refractivity (Wildman–Crippen MR) is 109 cm³/mol. The lowest BCUT2D eigenvalue weighted by Crippen LogP contribution is -2.29. The number of aliphatic hydroxyl groups is 1. The van der Waals surface area contributed by atoms with E-state index in [1.54, 1.807) is 67.3 Å². The molecule has 1 aliphatic rings. The molecule has 7 nitrogen and oxygen atoms in total. The van der Waals surface area contributed by atoms with Crippen molar-refractivity contribution < 1.29 is 19.4 Å². The summed E-state index contributed by atoms with van der Waals surface area (Å²) >= 11 is 0. The maximum atomic E-state index is 13.0. The van der Waals surface area contributed by atoms with Crippen LogP contribution in [0.2, 0.25) is 0 Å². The van der Waals surface area contributed by atoms with E-state index < -0.39 is 17.7 Å². The van der Waals surface area contributed by atoms with Crippen LogP contribution in [0.1, 0.15) is 22.7 Å². The number of rotatable bonds is 5. The predicted octanol–water partition coefficient (Wildman–Crippen LogP) is 3.11. The zero-order chi connectivity index (χ0) is 21.1. The fraction of sp³-hybridized carbons (Fsp3) is 0.130. The average Bonchev–Trinajstić information content (AvgIpc) is 3.05. The van der Waals surface area contributed by atoms with Crippen LogP contribution in [0.15, 0.2) is 78.9 Å². The highest BCUT2D eigenvalue weighted by atomic mass is 16.5. The lowest BCUT2D eigenvalue weighted by Gasteiger charge is -2.25. The van der Waals surface area contributed by atoms with Crippen LogP contribution in [0.3, 0.4) is 0 Å². The lowest BCUT2D eigenvalue weighted by atomic mass is 9.96. The molecule has 2 aromatic heterocycles. The Hall–Kier alpha value is -4.00. The molecule has 1 saturated heterocycles. The smallest absolute Gasteiger partial charge is 0.295 e. The lowest BCUT2D eigenvalue weighted by molar-refractivity contribution is -0.140. The summed E-state index contributed by atoms with van der Waals surface area (Å²) in [6, 6.07) is 13.0. The molecule has 30 heavy (non-hydrogen) atoms. The normalized spacial score (nSPS) is 17.9. The number of pyridine rings is 2. The van der Waals surface area contributed by atoms with Gasteiger partial charge in [-0.15, -0.1) is 0 Å². The Morgan fingerprint density at radius 3 is 2.57 bits per heavy atom. The number of Topliss-reactive ketones (excluding diaryl/α,β-unsaturated/α-hetero) is 1. The quantitative estimate of drug-likeness (QED) is 0.401. The maximum absolute atomic E-state index is 13.0. The van der Waals surface area contributed by atoms with Crippen LogP contribution in [-0.4, -0.2) is 38.8 Å². The molecule has 0 saturated carbocycles. The summed E-state index contributed by atoms with van der Waals surface area (Å²) in [5, 5.41) is 11.0. The highest BCUT2D eigenvalue weighted by molar-refractivity contribution is 6.46. The second-order valence-electron chi connectivity index (χ2n) is 6.80. The molecule has 1 amide bonds. The van der Waals surface area contributed by atoms with Crippen LogP contribution >= 0.6 is 0 Å². The first-order valence-electron chi connectivity index (χ1n) is 9.32. The number of carbonyl (C=O) groups excluding carboxylic acids is 2. The highest BCUT2D eigenvalue weighted by Crippen LogP contribution is 2.40. The number of hydrogen-bond acceptors (Lipinski definition) is 6. The fourth-order valence-electron chi connectivity index (χ4n) is 3.55. The summed E-state index contributed by atoms with van der Waals surface area (Å²) in [5.41, 5.74) is 1.88. The first kappa shape index (κ1) is 19.3. The van der Waals surface area contributed by atoms with Crippen LogP contribution < -0.4 is 4.74 Å². The number of nitrogens with zero attached hydrogens (tertiary/aromatic N) is 3. The number of ketones is 1. The minimum absolute atomic E-state index is 0.0309. The van der Waals surface area contributed by atoms with Crippen molar-refractivity contribution in [3.8, 4) is 5.75 Å². The molecule has 3 aromatic rings. The minimum atomic E-state index is -0.751. The molecule has 1 fully saturated rings. The van der Waals surface area contributed by atoms with Crippen molar-refractivity contribution in [2.75, 3.05) is 7.11 Å². The van der Waals surface area contributed by atoms with Gasteiger partial charge in [-0.05, 0) is 41.5 Å². The summed E-state index contributed by atoms with van der Waals surface area (Å²) in [4.78, 5) is 35.5. The molecule has 150 valence electrons. The van der Waals surface area contributed by atoms with Gasteiger partial charge in [-0.3, -0.25) is 19.6 Å². The molecule has 1 aliphatic heterocycles. The Kier molecular flexibility index (Phi) is 5.26. The van der Waals surface area contributed by atoms with E-state index in [-0.39, 0.29) is 17.9 Å². The zero-order valence-corrected chi connectivity index (χ0v) is 16.2. The van der Waals surface area contributed by atoms with Crippen LogP contribution in [0.25, 0.3) is 5.76 Å². The van der Waals surface area contributed by atoms with Gasteiger partial charge in [0, 0.05) is 36.9 Å². The standard InChI is InChI=1S/C23H19N3O4/c1-30-18-6-2-5-17(12-18)21(27)19-20(16-7-10-24-11-8-16)26(23(29)22(19)28)14-15-4-3-9-25-13-15/h2-13,20,27H,14H2,1H3/t20-/m0/s1. The molecular weight excluding hydrogens is 382 g/mol. The van der Waals surface area contributed by atoms with Crippen LogP contribution in [0, 0.1) is 0 Å². The molecule has 1 aromatic carbocycles. The van der Waals surface area contributed by atoms with E-state index in [2.05, 4.69) is 9.97 Å². The number of ether oxygens (including phenoxy) is 1. The Labute approximate surface area is 173 Å². The van der Waals surface area contributed by atoms with E-state index in [4.69, 9.17) is 4.74 Å². The fourth-order valence-corrected chi connectivity index (χ4v) is 3.55. The van der Waals surface area contributed by atoms with Gasteiger partial charge < -0.3 is 14.7 Å². The summed E-state index contributed by atoms with van der Waals surface area (Å²) in [7, 11) is 1.52. The van der Waals surface area contributed by atoms with Crippen molar-refractivity contribution in [2.24, 2.45) is 0 Å². The summed E-state index contributed by atoms with van der Waals surface area (Å²) < 4.78 is 5.22. The van der Waals surface area contributed by atoms with E-state index in [0.717, 1.165) is 5.56 Å². The average molecular weight is 401 g/mol. The second kappa shape index (κ2) is 8.16. The van der Waals surface area contributed by atoms with Crippen LogP contribution in [0.5, 0.6) is 5.75 Å². The molecule has 4 rings (SSSR count). The van der Waals surface area contributed by atoms with Gasteiger partial charge in [-0.1, -0.05) is 18.2 Å². The van der Waals surface area contributed by atoms with Gasteiger partial charge in [-0.2, -0.15) is 0 Å². The third-order valence-electron chi connectivity index (χ3n) is 4.98. The molecule has 0 aliphatic carbocycles. The van der Waals surface area contributed by atoms with Gasteiger partial charge in [-0.25, -0.2) is 0 Å². The monoisotopic (exact) mass is 401 g/mol. The van der Waals surface area contributed by atoms with Crippen molar-refractivity contribution in [2.45, 2.75) is 12.6 Å². The topological polar surface area (TPSA) is 92.6 Å². The molecule has 0 radical (unpaired) electrons. The van der Waals surface area contributed by atoms with Crippen molar-refractivity contribution in [1.82, 2.24) is 14.9 Å². The van der Waals surface area contributed by atoms with E-state index in [9.17, 15) is 14.7 Å². The van der Waals surface area contributed by atoms with Crippen LogP contribution in [-0.2, 0) is 16.1 Å². The molecule has 1 atom stereocenters. The molecule has 3 heterocycles. The Morgan fingerprint density at radius 2 is 1.87 bits per heavy atom. The molecule has 0 unspecified atom stereocenters. The largest absolute Gasteiger partial charge is 0.507 e. The molecule has 0 spiro atoms. The van der Waals surface area contributed by atoms with Crippen molar-refractivity contribution in [1.29, 1.82) is 0 Å².